The van der Waals surface area contributed by atoms with E-state index in [0.717, 1.165) is 29.9 Å². The monoisotopic (exact) mass is 289 g/mol. The van der Waals surface area contributed by atoms with Gasteiger partial charge in [-0.2, -0.15) is 0 Å². The second kappa shape index (κ2) is 7.75. The fraction of sp³-hybridized carbons (Fsp3) is 0.467. The first-order chi connectivity index (χ1) is 10.2. The van der Waals surface area contributed by atoms with Crippen molar-refractivity contribution in [2.45, 2.75) is 18.9 Å². The van der Waals surface area contributed by atoms with E-state index in [9.17, 15) is 0 Å². The van der Waals surface area contributed by atoms with Gasteiger partial charge in [-0.3, -0.25) is 0 Å². The Morgan fingerprint density at radius 2 is 2.29 bits per heavy atom. The van der Waals surface area contributed by atoms with Gasteiger partial charge in [-0.05, 0) is 31.5 Å². The first-order valence-electron chi connectivity index (χ1n) is 7.14. The van der Waals surface area contributed by atoms with Crippen LogP contribution in [0.15, 0.2) is 30.6 Å². The number of nitrogens with two attached hydrogens (primary N) is 1. The standard InChI is InChI=1S/C15H23N5O/c1-20-11-17-19-15(20)12-5-3-6-13(9-12)18-14(10-21-2)7-4-8-16/h3,5-6,9,11,14,18H,4,7-8,10,16H2,1-2H3. The Bertz CT molecular complexity index is 555. The number of hydrogen-bond donors (Lipinski definition) is 2. The number of nitrogens with zero attached hydrogens (tertiary/aromatic N) is 3. The molecule has 114 valence electrons. The highest BCUT2D eigenvalue weighted by atomic mass is 16.5. The highest BCUT2D eigenvalue weighted by Gasteiger charge is 2.10. The van der Waals surface area contributed by atoms with Crippen LogP contribution in [0, 0.1) is 0 Å². The average molecular weight is 289 g/mol. The lowest BCUT2D eigenvalue weighted by Gasteiger charge is -2.19. The molecule has 1 atom stereocenters. The van der Waals surface area contributed by atoms with Crippen LogP contribution in [0.3, 0.4) is 0 Å². The van der Waals surface area contributed by atoms with Crippen molar-refractivity contribution in [2.75, 3.05) is 25.6 Å². The second-order valence-corrected chi connectivity index (χ2v) is 5.07. The van der Waals surface area contributed by atoms with Gasteiger partial charge in [0.2, 0.25) is 0 Å². The molecular formula is C15H23N5O. The quantitative estimate of drug-likeness (QED) is 0.772. The molecular weight excluding hydrogens is 266 g/mol. The van der Waals surface area contributed by atoms with Crippen molar-refractivity contribution in [3.63, 3.8) is 0 Å². The second-order valence-electron chi connectivity index (χ2n) is 5.07. The summed E-state index contributed by atoms with van der Waals surface area (Å²) >= 11 is 0. The van der Waals surface area contributed by atoms with Gasteiger partial charge >= 0.3 is 0 Å². The minimum Gasteiger partial charge on any atom is -0.383 e. The van der Waals surface area contributed by atoms with E-state index in [0.29, 0.717) is 13.2 Å². The van der Waals surface area contributed by atoms with Gasteiger partial charge in [-0.15, -0.1) is 10.2 Å². The molecule has 0 spiro atoms. The molecule has 0 saturated carbocycles. The van der Waals surface area contributed by atoms with Crippen LogP contribution in [-0.2, 0) is 11.8 Å². The van der Waals surface area contributed by atoms with Crippen molar-refractivity contribution in [1.82, 2.24) is 14.8 Å². The van der Waals surface area contributed by atoms with E-state index in [-0.39, 0.29) is 6.04 Å². The lowest BCUT2D eigenvalue weighted by molar-refractivity contribution is 0.182. The third-order valence-electron chi connectivity index (χ3n) is 3.33. The van der Waals surface area contributed by atoms with Crippen LogP contribution in [-0.4, -0.2) is 41.1 Å². The highest BCUT2D eigenvalue weighted by Crippen LogP contribution is 2.21. The van der Waals surface area contributed by atoms with Gasteiger partial charge in [-0.25, -0.2) is 0 Å². The van der Waals surface area contributed by atoms with Crippen molar-refractivity contribution in [3.05, 3.63) is 30.6 Å². The summed E-state index contributed by atoms with van der Waals surface area (Å²) in [5, 5.41) is 11.6. The van der Waals surface area contributed by atoms with E-state index in [1.54, 1.807) is 13.4 Å². The van der Waals surface area contributed by atoms with E-state index < -0.39 is 0 Å². The zero-order valence-corrected chi connectivity index (χ0v) is 12.6. The van der Waals surface area contributed by atoms with Crippen LogP contribution in [0.2, 0.25) is 0 Å². The first kappa shape index (κ1) is 15.5. The molecule has 0 saturated heterocycles. The van der Waals surface area contributed by atoms with Gasteiger partial charge in [0.25, 0.3) is 0 Å². The molecule has 3 N–H and O–H groups in total. The summed E-state index contributed by atoms with van der Waals surface area (Å²) in [6.45, 7) is 1.36. The molecule has 2 rings (SSSR count). The number of rotatable bonds is 8. The van der Waals surface area contributed by atoms with Crippen molar-refractivity contribution in [1.29, 1.82) is 0 Å². The third-order valence-corrected chi connectivity index (χ3v) is 3.33. The molecule has 0 radical (unpaired) electrons. The Balaban J connectivity index is 2.11. The number of ether oxygens (including phenoxy) is 1. The summed E-state index contributed by atoms with van der Waals surface area (Å²) in [6, 6.07) is 8.42. The molecule has 1 aromatic carbocycles. The molecule has 1 aromatic heterocycles. The Morgan fingerprint density at radius 1 is 1.43 bits per heavy atom. The molecule has 0 bridgehead atoms. The molecule has 2 aromatic rings. The van der Waals surface area contributed by atoms with E-state index in [4.69, 9.17) is 10.5 Å². The Hall–Kier alpha value is -1.92. The Morgan fingerprint density at radius 3 is 2.95 bits per heavy atom. The van der Waals surface area contributed by atoms with Gasteiger partial charge in [0.15, 0.2) is 5.82 Å². The number of aromatic nitrogens is 3. The Kier molecular flexibility index (Phi) is 5.71. The maximum atomic E-state index is 5.58. The highest BCUT2D eigenvalue weighted by molar-refractivity contribution is 5.62. The van der Waals surface area contributed by atoms with Crippen molar-refractivity contribution < 1.29 is 4.74 Å². The summed E-state index contributed by atoms with van der Waals surface area (Å²) in [5.41, 5.74) is 7.67. The van der Waals surface area contributed by atoms with Crippen LogP contribution in [0.1, 0.15) is 12.8 Å². The molecule has 0 aliphatic heterocycles. The third kappa shape index (κ3) is 4.27. The lowest BCUT2D eigenvalue weighted by Crippen LogP contribution is -2.25. The van der Waals surface area contributed by atoms with Crippen LogP contribution >= 0.6 is 0 Å². The summed E-state index contributed by atoms with van der Waals surface area (Å²) in [5.74, 6) is 0.851. The molecule has 21 heavy (non-hydrogen) atoms. The summed E-state index contributed by atoms with van der Waals surface area (Å²) in [7, 11) is 3.65. The van der Waals surface area contributed by atoms with Crippen molar-refractivity contribution in [3.8, 4) is 11.4 Å². The van der Waals surface area contributed by atoms with Gasteiger partial charge in [0.1, 0.15) is 6.33 Å². The molecule has 0 fully saturated rings. The fourth-order valence-corrected chi connectivity index (χ4v) is 2.29. The SMILES string of the molecule is COCC(CCCN)Nc1cccc(-c2nncn2C)c1. The van der Waals surface area contributed by atoms with Crippen molar-refractivity contribution >= 4 is 5.69 Å². The van der Waals surface area contributed by atoms with E-state index >= 15 is 0 Å². The molecule has 1 unspecified atom stereocenters. The summed E-state index contributed by atoms with van der Waals surface area (Å²) < 4.78 is 7.17. The number of methoxy groups -OCH3 is 1. The van der Waals surface area contributed by atoms with Gasteiger partial charge in [0.05, 0.1) is 6.61 Å². The Labute approximate surface area is 125 Å². The number of anilines is 1. The van der Waals surface area contributed by atoms with E-state index in [2.05, 4.69) is 21.6 Å². The number of benzene rings is 1. The molecule has 1 heterocycles. The number of aryl methyl sites for hydroxylation is 1. The van der Waals surface area contributed by atoms with Crippen LogP contribution < -0.4 is 11.1 Å². The van der Waals surface area contributed by atoms with E-state index in [1.165, 1.54) is 0 Å². The van der Waals surface area contributed by atoms with Gasteiger partial charge in [0, 0.05) is 31.5 Å². The number of hydrogen-bond acceptors (Lipinski definition) is 5. The number of nitrogens with one attached hydrogen (secondary N) is 1. The largest absolute Gasteiger partial charge is 0.383 e. The zero-order chi connectivity index (χ0) is 15.1. The molecule has 0 amide bonds. The molecule has 6 heteroatoms. The molecule has 6 nitrogen and oxygen atoms in total. The van der Waals surface area contributed by atoms with Crippen molar-refractivity contribution in [2.24, 2.45) is 12.8 Å². The molecule has 0 aliphatic carbocycles. The summed E-state index contributed by atoms with van der Waals surface area (Å²) in [4.78, 5) is 0. The van der Waals surface area contributed by atoms with Crippen LogP contribution in [0.4, 0.5) is 5.69 Å². The van der Waals surface area contributed by atoms with Crippen LogP contribution in [0.25, 0.3) is 11.4 Å². The minimum absolute atomic E-state index is 0.258. The smallest absolute Gasteiger partial charge is 0.163 e. The minimum atomic E-state index is 0.258. The first-order valence-corrected chi connectivity index (χ1v) is 7.14. The van der Waals surface area contributed by atoms with Gasteiger partial charge < -0.3 is 20.4 Å². The fourth-order valence-electron chi connectivity index (χ4n) is 2.29. The lowest BCUT2D eigenvalue weighted by atomic mass is 10.1. The van der Waals surface area contributed by atoms with Gasteiger partial charge in [-0.1, -0.05) is 12.1 Å². The average Bonchev–Trinajstić information content (AvgIpc) is 2.91. The zero-order valence-electron chi connectivity index (χ0n) is 12.6. The summed E-state index contributed by atoms with van der Waals surface area (Å²) in [6.07, 6.45) is 3.66. The normalized spacial score (nSPS) is 12.3. The topological polar surface area (TPSA) is 78.0 Å². The predicted octanol–water partition coefficient (Wildman–Crippen LogP) is 1.65. The maximum absolute atomic E-state index is 5.58. The predicted molar refractivity (Wildman–Crippen MR) is 84.0 cm³/mol. The maximum Gasteiger partial charge on any atom is 0.163 e. The molecule has 0 aliphatic rings. The van der Waals surface area contributed by atoms with Crippen LogP contribution in [0.5, 0.6) is 0 Å². The van der Waals surface area contributed by atoms with E-state index in [1.807, 2.05) is 29.8 Å².